The smallest absolute Gasteiger partial charge is 0.410 e. The summed E-state index contributed by atoms with van der Waals surface area (Å²) < 4.78 is 47.6. The fourth-order valence-electron chi connectivity index (χ4n) is 6.82. The lowest BCUT2D eigenvalue weighted by Gasteiger charge is -2.29. The second-order valence-corrected chi connectivity index (χ2v) is 15.2. The van der Waals surface area contributed by atoms with Crippen molar-refractivity contribution in [3.8, 4) is 0 Å². The average molecular weight is 674 g/mol. The van der Waals surface area contributed by atoms with Gasteiger partial charge in [0.25, 0.3) is 5.91 Å². The van der Waals surface area contributed by atoms with Crippen LogP contribution in [0.25, 0.3) is 0 Å². The Labute approximate surface area is 272 Å². The van der Waals surface area contributed by atoms with Crippen molar-refractivity contribution in [1.29, 1.82) is 0 Å². The van der Waals surface area contributed by atoms with Crippen LogP contribution in [-0.2, 0) is 47.0 Å². The zero-order valence-corrected chi connectivity index (χ0v) is 27.0. The summed E-state index contributed by atoms with van der Waals surface area (Å²) in [7, 11) is -3.89. The van der Waals surface area contributed by atoms with E-state index in [2.05, 4.69) is 15.4 Å². The highest BCUT2D eigenvalue weighted by Crippen LogP contribution is 2.46. The van der Waals surface area contributed by atoms with Gasteiger partial charge in [-0.05, 0) is 50.2 Å². The second kappa shape index (κ2) is 12.9. The second-order valence-electron chi connectivity index (χ2n) is 13.2. The summed E-state index contributed by atoms with van der Waals surface area (Å²) in [5.41, 5.74) is -0.465. The number of hydrogen-bond acceptors (Lipinski definition) is 8. The Hall–Kier alpha value is -4.01. The Bertz CT molecular complexity index is 1610. The molecule has 13 nitrogen and oxygen atoms in total. The number of benzene rings is 1. The monoisotopic (exact) mass is 673 g/mol. The highest BCUT2D eigenvalue weighted by atomic mass is 32.2. The number of sulfonamides is 1. The maximum absolute atomic E-state index is 14.3. The van der Waals surface area contributed by atoms with Crippen molar-refractivity contribution < 1.29 is 41.5 Å². The van der Waals surface area contributed by atoms with Gasteiger partial charge in [-0.25, -0.2) is 17.6 Å². The molecule has 3 aliphatic heterocycles. The SMILES string of the molecule is CC(=O)N[C@H]1CCCCC/C=C\[C@H]2C[C@@]2(C(=O)NS(=O)(=O)C2CC2)NC(=O)[C@@H]2C[C@@H](OC(=O)N3Cc4cccc(F)c4C3)CN2C1=O. The number of nitrogens with zero attached hydrogens (tertiary/aromatic N) is 2. The number of allylic oxidation sites excluding steroid dienone is 1. The van der Waals surface area contributed by atoms with Crippen molar-refractivity contribution in [2.24, 2.45) is 5.92 Å². The van der Waals surface area contributed by atoms with E-state index in [0.717, 1.165) is 12.8 Å². The molecule has 3 N–H and O–H groups in total. The lowest BCUT2D eigenvalue weighted by molar-refractivity contribution is -0.142. The molecule has 0 unspecified atom stereocenters. The molecule has 0 bridgehead atoms. The first-order valence-electron chi connectivity index (χ1n) is 16.2. The number of carbonyl (C=O) groups excluding carboxylic acids is 5. The van der Waals surface area contributed by atoms with Gasteiger partial charge in [-0.1, -0.05) is 37.1 Å². The van der Waals surface area contributed by atoms with Crippen LogP contribution >= 0.6 is 0 Å². The van der Waals surface area contributed by atoms with E-state index in [4.69, 9.17) is 4.74 Å². The van der Waals surface area contributed by atoms with Gasteiger partial charge < -0.3 is 20.3 Å². The van der Waals surface area contributed by atoms with E-state index in [0.29, 0.717) is 43.2 Å². The van der Waals surface area contributed by atoms with Crippen LogP contribution in [0.3, 0.4) is 0 Å². The Morgan fingerprint density at radius 1 is 1.09 bits per heavy atom. The number of amides is 5. The van der Waals surface area contributed by atoms with Crippen molar-refractivity contribution in [1.82, 2.24) is 25.2 Å². The molecular weight excluding hydrogens is 633 g/mol. The zero-order valence-electron chi connectivity index (χ0n) is 26.2. The molecule has 6 rings (SSSR count). The predicted molar refractivity (Wildman–Crippen MR) is 165 cm³/mol. The van der Waals surface area contributed by atoms with Gasteiger partial charge in [0.2, 0.25) is 27.7 Å². The van der Waals surface area contributed by atoms with Crippen LogP contribution in [0.1, 0.15) is 75.8 Å². The first-order valence-corrected chi connectivity index (χ1v) is 17.8. The van der Waals surface area contributed by atoms with E-state index < -0.39 is 80.5 Å². The topological polar surface area (TPSA) is 171 Å². The molecule has 0 aromatic heterocycles. The summed E-state index contributed by atoms with van der Waals surface area (Å²) in [6, 6.07) is 2.51. The van der Waals surface area contributed by atoms with Crippen LogP contribution < -0.4 is 15.4 Å². The molecule has 3 heterocycles. The minimum absolute atomic E-state index is 0.0149. The summed E-state index contributed by atoms with van der Waals surface area (Å²) in [6.07, 6.45) is 6.32. The van der Waals surface area contributed by atoms with Gasteiger partial charge >= 0.3 is 6.09 Å². The molecule has 0 radical (unpaired) electrons. The van der Waals surface area contributed by atoms with E-state index >= 15 is 0 Å². The molecule has 5 atom stereocenters. The van der Waals surface area contributed by atoms with E-state index in [1.165, 1.54) is 22.8 Å². The first-order chi connectivity index (χ1) is 22.4. The van der Waals surface area contributed by atoms with Crippen molar-refractivity contribution in [3.63, 3.8) is 0 Å². The molecule has 1 saturated heterocycles. The number of rotatable bonds is 5. The van der Waals surface area contributed by atoms with Gasteiger partial charge in [-0.15, -0.1) is 0 Å². The Morgan fingerprint density at radius 3 is 2.60 bits per heavy atom. The fourth-order valence-corrected chi connectivity index (χ4v) is 8.18. The summed E-state index contributed by atoms with van der Waals surface area (Å²) in [4.78, 5) is 69.3. The highest BCUT2D eigenvalue weighted by Gasteiger charge is 2.62. The summed E-state index contributed by atoms with van der Waals surface area (Å²) in [5, 5.41) is 4.83. The van der Waals surface area contributed by atoms with Gasteiger partial charge in [0.1, 0.15) is 29.5 Å². The van der Waals surface area contributed by atoms with E-state index in [1.54, 1.807) is 12.1 Å². The Morgan fingerprint density at radius 2 is 1.87 bits per heavy atom. The number of ether oxygens (including phenoxy) is 1. The van der Waals surface area contributed by atoms with Gasteiger partial charge in [0, 0.05) is 31.4 Å². The van der Waals surface area contributed by atoms with Crippen LogP contribution in [0, 0.1) is 11.7 Å². The van der Waals surface area contributed by atoms with Gasteiger partial charge in [0.05, 0.1) is 18.3 Å². The lowest BCUT2D eigenvalue weighted by Crippen LogP contribution is -2.58. The normalized spacial score (nSPS) is 30.1. The van der Waals surface area contributed by atoms with Crippen LogP contribution in [0.2, 0.25) is 0 Å². The Balaban J connectivity index is 1.24. The number of nitrogens with one attached hydrogen (secondary N) is 3. The number of hydrogen-bond donors (Lipinski definition) is 3. The van der Waals surface area contributed by atoms with E-state index in [-0.39, 0.29) is 32.5 Å². The number of fused-ring (bicyclic) bond motifs is 3. The molecule has 5 aliphatic rings. The maximum atomic E-state index is 14.3. The quantitative estimate of drug-likeness (QED) is 0.397. The lowest BCUT2D eigenvalue weighted by atomic mass is 10.0. The molecule has 1 aromatic rings. The molecule has 2 aliphatic carbocycles. The molecule has 3 fully saturated rings. The molecule has 47 heavy (non-hydrogen) atoms. The van der Waals surface area contributed by atoms with Crippen molar-refractivity contribution in [2.75, 3.05) is 6.54 Å². The van der Waals surface area contributed by atoms with Gasteiger partial charge in [0.15, 0.2) is 0 Å². The Kier molecular flexibility index (Phi) is 9.02. The molecule has 0 spiro atoms. The molecule has 15 heteroatoms. The minimum Gasteiger partial charge on any atom is -0.444 e. The molecule has 2 saturated carbocycles. The standard InChI is InChI=1S/C32H40FN5O8S/c1-19(39)34-26-11-6-4-2-3-5-9-21-15-32(21,30(42)36-47(44,45)23-12-13-23)35-28(40)27-14-22(17-38(27)29(26)41)46-31(43)37-16-20-8-7-10-25(33)24(20)18-37/h5,7-10,21-23,26-27H,2-4,6,11-18H2,1H3,(H,34,39)(H,35,40)(H,36,42)/b9-5-/t21-,22+,26-,27-,32+/m0/s1. The van der Waals surface area contributed by atoms with Crippen molar-refractivity contribution in [3.05, 3.63) is 47.3 Å². The molecular formula is C32H40FN5O8S. The van der Waals surface area contributed by atoms with Crippen LogP contribution in [0.4, 0.5) is 9.18 Å². The number of carbonyl (C=O) groups is 5. The van der Waals surface area contributed by atoms with Crippen molar-refractivity contribution in [2.45, 2.75) is 107 Å². The average Bonchev–Trinajstić information content (AvgIpc) is 3.89. The van der Waals surface area contributed by atoms with Crippen LogP contribution in [-0.4, -0.2) is 83.5 Å². The number of halogens is 1. The predicted octanol–water partition coefficient (Wildman–Crippen LogP) is 1.76. The molecule has 1 aromatic carbocycles. The van der Waals surface area contributed by atoms with E-state index in [9.17, 15) is 36.8 Å². The third-order valence-corrected chi connectivity index (χ3v) is 11.5. The van der Waals surface area contributed by atoms with Gasteiger partial charge in [-0.3, -0.25) is 28.8 Å². The van der Waals surface area contributed by atoms with Crippen LogP contribution in [0.15, 0.2) is 30.4 Å². The molecule has 5 amide bonds. The van der Waals surface area contributed by atoms with Gasteiger partial charge in [-0.2, -0.15) is 0 Å². The first kappa shape index (κ1) is 32.9. The molecule has 254 valence electrons. The summed E-state index contributed by atoms with van der Waals surface area (Å²) >= 11 is 0. The fraction of sp³-hybridized carbons (Fsp3) is 0.594. The van der Waals surface area contributed by atoms with Crippen LogP contribution in [0.5, 0.6) is 0 Å². The van der Waals surface area contributed by atoms with E-state index in [1.807, 2.05) is 12.2 Å². The third kappa shape index (κ3) is 6.99. The maximum Gasteiger partial charge on any atom is 0.410 e. The minimum atomic E-state index is -3.89. The largest absolute Gasteiger partial charge is 0.444 e. The summed E-state index contributed by atoms with van der Waals surface area (Å²) in [5.74, 6) is -3.33. The summed E-state index contributed by atoms with van der Waals surface area (Å²) in [6.45, 7) is 1.31. The van der Waals surface area contributed by atoms with Crippen molar-refractivity contribution >= 4 is 39.7 Å². The third-order valence-electron chi connectivity index (χ3n) is 9.67. The zero-order chi connectivity index (χ0) is 33.5. The highest BCUT2D eigenvalue weighted by molar-refractivity contribution is 7.91.